The Bertz CT molecular complexity index is 277. The number of nitrogens with two attached hydrogens (primary N) is 1. The van der Waals surface area contributed by atoms with Crippen molar-refractivity contribution < 1.29 is 0 Å². The summed E-state index contributed by atoms with van der Waals surface area (Å²) in [5.41, 5.74) is 8.54. The molecule has 2 heteroatoms. The summed E-state index contributed by atoms with van der Waals surface area (Å²) < 4.78 is 0. The molecule has 1 unspecified atom stereocenters. The van der Waals surface area contributed by atoms with Crippen LogP contribution in [0, 0.1) is 0 Å². The van der Waals surface area contributed by atoms with Crippen molar-refractivity contribution in [2.45, 2.75) is 19.3 Å². The van der Waals surface area contributed by atoms with Crippen LogP contribution in [0.2, 0.25) is 0 Å². The van der Waals surface area contributed by atoms with Crippen molar-refractivity contribution in [3.05, 3.63) is 35.4 Å². The number of aryl methyl sites for hydroxylation is 1. The number of hydrogen-bond acceptors (Lipinski definition) is 2. The summed E-state index contributed by atoms with van der Waals surface area (Å²) in [6.07, 6.45) is 1.10. The average molecular weight is 206 g/mol. The Kier molecular flexibility index (Phi) is 4.79. The summed E-state index contributed by atoms with van der Waals surface area (Å²) in [6, 6.07) is 8.82. The zero-order chi connectivity index (χ0) is 11.3. The van der Waals surface area contributed by atoms with Gasteiger partial charge in [0.05, 0.1) is 0 Å². The Morgan fingerprint density at radius 3 is 2.20 bits per heavy atom. The van der Waals surface area contributed by atoms with Gasteiger partial charge in [0.25, 0.3) is 0 Å². The third kappa shape index (κ3) is 3.65. The van der Waals surface area contributed by atoms with E-state index in [9.17, 15) is 0 Å². The third-order valence-electron chi connectivity index (χ3n) is 2.73. The van der Waals surface area contributed by atoms with Gasteiger partial charge in [0.15, 0.2) is 0 Å². The molecule has 0 amide bonds. The van der Waals surface area contributed by atoms with Gasteiger partial charge >= 0.3 is 0 Å². The molecule has 2 nitrogen and oxygen atoms in total. The maximum atomic E-state index is 5.80. The van der Waals surface area contributed by atoms with E-state index in [0.29, 0.717) is 12.5 Å². The highest BCUT2D eigenvalue weighted by Gasteiger charge is 2.10. The molecule has 0 radical (unpaired) electrons. The van der Waals surface area contributed by atoms with Crippen LogP contribution in [0.1, 0.15) is 24.0 Å². The van der Waals surface area contributed by atoms with Gasteiger partial charge in [-0.3, -0.25) is 0 Å². The predicted octanol–water partition coefficient (Wildman–Crippen LogP) is 1.85. The highest BCUT2D eigenvalue weighted by atomic mass is 15.1. The minimum atomic E-state index is 0.450. The van der Waals surface area contributed by atoms with Gasteiger partial charge in [-0.1, -0.05) is 31.2 Å². The monoisotopic (exact) mass is 206 g/mol. The lowest BCUT2D eigenvalue weighted by Crippen LogP contribution is -2.25. The van der Waals surface area contributed by atoms with Crippen LogP contribution in [0.5, 0.6) is 0 Å². The first-order chi connectivity index (χ1) is 7.17. The first kappa shape index (κ1) is 12.2. The van der Waals surface area contributed by atoms with E-state index in [2.05, 4.69) is 50.2 Å². The Morgan fingerprint density at radius 1 is 1.20 bits per heavy atom. The van der Waals surface area contributed by atoms with Crippen molar-refractivity contribution in [1.82, 2.24) is 4.90 Å². The van der Waals surface area contributed by atoms with Crippen molar-refractivity contribution in [3.8, 4) is 0 Å². The summed E-state index contributed by atoms with van der Waals surface area (Å²) in [6.45, 7) is 3.90. The van der Waals surface area contributed by atoms with E-state index in [4.69, 9.17) is 5.73 Å². The number of benzene rings is 1. The van der Waals surface area contributed by atoms with Gasteiger partial charge in [0, 0.05) is 19.0 Å². The average Bonchev–Trinajstić information content (AvgIpc) is 2.26. The molecular weight excluding hydrogens is 184 g/mol. The number of nitrogens with zero attached hydrogens (tertiary/aromatic N) is 1. The van der Waals surface area contributed by atoms with Crippen molar-refractivity contribution in [3.63, 3.8) is 0 Å². The number of hydrogen-bond donors (Lipinski definition) is 1. The molecule has 0 saturated carbocycles. The lowest BCUT2D eigenvalue weighted by atomic mass is 9.97. The molecule has 1 aromatic rings. The van der Waals surface area contributed by atoms with E-state index in [0.717, 1.165) is 13.0 Å². The fourth-order valence-corrected chi connectivity index (χ4v) is 1.78. The van der Waals surface area contributed by atoms with Crippen LogP contribution in [0.25, 0.3) is 0 Å². The summed E-state index contributed by atoms with van der Waals surface area (Å²) in [7, 11) is 4.17. The molecule has 2 N–H and O–H groups in total. The first-order valence-corrected chi connectivity index (χ1v) is 5.61. The fraction of sp³-hybridized carbons (Fsp3) is 0.538. The Hall–Kier alpha value is -0.860. The summed E-state index contributed by atoms with van der Waals surface area (Å²) in [5.74, 6) is 0.450. The predicted molar refractivity (Wildman–Crippen MR) is 66.2 cm³/mol. The summed E-state index contributed by atoms with van der Waals surface area (Å²) >= 11 is 0. The van der Waals surface area contributed by atoms with Crippen molar-refractivity contribution >= 4 is 0 Å². The van der Waals surface area contributed by atoms with E-state index in [1.165, 1.54) is 11.1 Å². The van der Waals surface area contributed by atoms with Crippen LogP contribution in [0.3, 0.4) is 0 Å². The molecule has 0 fully saturated rings. The maximum Gasteiger partial charge on any atom is 0.00886 e. The van der Waals surface area contributed by atoms with Crippen molar-refractivity contribution in [1.29, 1.82) is 0 Å². The van der Waals surface area contributed by atoms with E-state index >= 15 is 0 Å². The van der Waals surface area contributed by atoms with Gasteiger partial charge in [-0.25, -0.2) is 0 Å². The van der Waals surface area contributed by atoms with E-state index in [1.54, 1.807) is 0 Å². The SMILES string of the molecule is CCc1ccc(C(CN)CN(C)C)cc1. The molecule has 1 rings (SSSR count). The summed E-state index contributed by atoms with van der Waals surface area (Å²) in [4.78, 5) is 2.19. The molecule has 0 heterocycles. The van der Waals surface area contributed by atoms with Gasteiger partial charge in [-0.15, -0.1) is 0 Å². The van der Waals surface area contributed by atoms with E-state index < -0.39 is 0 Å². The molecule has 1 atom stereocenters. The lowest BCUT2D eigenvalue weighted by molar-refractivity contribution is 0.375. The minimum absolute atomic E-state index is 0.450. The molecule has 0 bridgehead atoms. The van der Waals surface area contributed by atoms with Crippen LogP contribution < -0.4 is 5.73 Å². The zero-order valence-corrected chi connectivity index (χ0v) is 10.0. The Balaban J connectivity index is 2.74. The molecule has 0 spiro atoms. The second-order valence-electron chi connectivity index (χ2n) is 4.29. The van der Waals surface area contributed by atoms with E-state index in [-0.39, 0.29) is 0 Å². The quantitative estimate of drug-likeness (QED) is 0.796. The number of rotatable bonds is 5. The fourth-order valence-electron chi connectivity index (χ4n) is 1.78. The van der Waals surface area contributed by atoms with Gasteiger partial charge in [0.2, 0.25) is 0 Å². The smallest absolute Gasteiger partial charge is 0.00886 e. The Morgan fingerprint density at radius 2 is 1.80 bits per heavy atom. The number of likely N-dealkylation sites (N-methyl/N-ethyl adjacent to an activating group) is 1. The maximum absolute atomic E-state index is 5.80. The molecule has 0 aliphatic rings. The van der Waals surface area contributed by atoms with Crippen LogP contribution >= 0.6 is 0 Å². The van der Waals surface area contributed by atoms with Crippen LogP contribution in [-0.4, -0.2) is 32.1 Å². The third-order valence-corrected chi connectivity index (χ3v) is 2.73. The van der Waals surface area contributed by atoms with Crippen LogP contribution in [0.15, 0.2) is 24.3 Å². The second kappa shape index (κ2) is 5.89. The molecule has 0 saturated heterocycles. The molecule has 84 valence electrons. The molecule has 15 heavy (non-hydrogen) atoms. The van der Waals surface area contributed by atoms with Gasteiger partial charge in [-0.05, 0) is 31.6 Å². The zero-order valence-electron chi connectivity index (χ0n) is 10.0. The summed E-state index contributed by atoms with van der Waals surface area (Å²) in [5, 5.41) is 0. The standard InChI is InChI=1S/C13H22N2/c1-4-11-5-7-12(8-6-11)13(9-14)10-15(2)3/h5-8,13H,4,9-10,14H2,1-3H3. The van der Waals surface area contributed by atoms with Crippen LogP contribution in [-0.2, 0) is 6.42 Å². The highest BCUT2D eigenvalue weighted by molar-refractivity contribution is 5.25. The molecule has 0 aliphatic heterocycles. The minimum Gasteiger partial charge on any atom is -0.330 e. The Labute approximate surface area is 93.1 Å². The van der Waals surface area contributed by atoms with Gasteiger partial charge < -0.3 is 10.6 Å². The lowest BCUT2D eigenvalue weighted by Gasteiger charge is -2.20. The van der Waals surface area contributed by atoms with Crippen molar-refractivity contribution in [2.24, 2.45) is 5.73 Å². The highest BCUT2D eigenvalue weighted by Crippen LogP contribution is 2.16. The largest absolute Gasteiger partial charge is 0.330 e. The molecule has 0 aliphatic carbocycles. The molecule has 0 aromatic heterocycles. The first-order valence-electron chi connectivity index (χ1n) is 5.61. The van der Waals surface area contributed by atoms with E-state index in [1.807, 2.05) is 0 Å². The second-order valence-corrected chi connectivity index (χ2v) is 4.29. The molecular formula is C13H22N2. The molecule has 1 aromatic carbocycles. The van der Waals surface area contributed by atoms with Crippen LogP contribution in [0.4, 0.5) is 0 Å². The topological polar surface area (TPSA) is 29.3 Å². The van der Waals surface area contributed by atoms with Crippen molar-refractivity contribution in [2.75, 3.05) is 27.2 Å². The van der Waals surface area contributed by atoms with Gasteiger partial charge in [-0.2, -0.15) is 0 Å². The van der Waals surface area contributed by atoms with Gasteiger partial charge in [0.1, 0.15) is 0 Å². The normalized spacial score (nSPS) is 13.1.